The molecule has 0 radical (unpaired) electrons. The van der Waals surface area contributed by atoms with E-state index in [2.05, 4.69) is 0 Å². The molecule has 1 heterocycles. The summed E-state index contributed by atoms with van der Waals surface area (Å²) in [5, 5.41) is 0.879. The van der Waals surface area contributed by atoms with Crippen LogP contribution < -0.4 is 0 Å². The van der Waals surface area contributed by atoms with Crippen molar-refractivity contribution in [2.75, 3.05) is 0 Å². The van der Waals surface area contributed by atoms with Crippen LogP contribution in [0.4, 0.5) is 0 Å². The van der Waals surface area contributed by atoms with E-state index in [0.717, 1.165) is 0 Å². The number of fused-ring (bicyclic) bond motifs is 1. The van der Waals surface area contributed by atoms with Gasteiger partial charge < -0.3 is 4.84 Å². The van der Waals surface area contributed by atoms with Gasteiger partial charge in [-0.05, 0) is 36.8 Å². The van der Waals surface area contributed by atoms with Gasteiger partial charge in [-0.1, -0.05) is 34.9 Å². The van der Waals surface area contributed by atoms with E-state index in [9.17, 15) is 14.4 Å². The van der Waals surface area contributed by atoms with Crippen LogP contribution in [0.3, 0.4) is 0 Å². The molecule has 6 heteroatoms. The molecule has 22 heavy (non-hydrogen) atoms. The summed E-state index contributed by atoms with van der Waals surface area (Å²) in [5.74, 6) is -2.13. The highest BCUT2D eigenvalue weighted by molar-refractivity contribution is 6.31. The molecule has 0 unspecified atom stereocenters. The number of carbonyl (C=O) groups excluding carboxylic acids is 3. The van der Waals surface area contributed by atoms with Crippen LogP contribution in [0, 0.1) is 6.92 Å². The van der Waals surface area contributed by atoms with Crippen molar-refractivity contribution in [3.8, 4) is 0 Å². The van der Waals surface area contributed by atoms with Crippen molar-refractivity contribution in [1.82, 2.24) is 5.06 Å². The van der Waals surface area contributed by atoms with E-state index >= 15 is 0 Å². The predicted octanol–water partition coefficient (Wildman–Crippen LogP) is 3.02. The average Bonchev–Trinajstić information content (AvgIpc) is 2.75. The average molecular weight is 316 g/mol. The highest BCUT2D eigenvalue weighted by Gasteiger charge is 2.38. The molecule has 1 aliphatic rings. The number of amides is 2. The standard InChI is InChI=1S/C16H10ClNO4/c1-9-10(7-4-8-13(9)17)16(21)22-18-14(19)11-5-2-3-6-12(11)15(18)20/h2-8H,1H3. The Hall–Kier alpha value is -2.66. The minimum absolute atomic E-state index is 0.198. The predicted molar refractivity (Wildman–Crippen MR) is 78.5 cm³/mol. The smallest absolute Gasteiger partial charge is 0.324 e. The van der Waals surface area contributed by atoms with Crippen LogP contribution >= 0.6 is 11.6 Å². The molecule has 2 aromatic rings. The molecule has 110 valence electrons. The third-order valence-electron chi connectivity index (χ3n) is 3.42. The van der Waals surface area contributed by atoms with Gasteiger partial charge in [0.1, 0.15) is 0 Å². The summed E-state index contributed by atoms with van der Waals surface area (Å²) < 4.78 is 0. The minimum Gasteiger partial charge on any atom is -0.324 e. The number of halogens is 1. The fourth-order valence-electron chi connectivity index (χ4n) is 2.21. The number of carbonyl (C=O) groups is 3. The molecule has 0 bridgehead atoms. The molecule has 0 saturated carbocycles. The monoisotopic (exact) mass is 315 g/mol. The lowest BCUT2D eigenvalue weighted by atomic mass is 10.1. The number of hydroxylamine groups is 2. The van der Waals surface area contributed by atoms with E-state index in [0.29, 0.717) is 15.6 Å². The maximum atomic E-state index is 12.2. The van der Waals surface area contributed by atoms with Gasteiger partial charge in [0.05, 0.1) is 16.7 Å². The summed E-state index contributed by atoms with van der Waals surface area (Å²) in [5.41, 5.74) is 1.14. The minimum atomic E-state index is -0.811. The Kier molecular flexibility index (Phi) is 3.42. The zero-order valence-corrected chi connectivity index (χ0v) is 12.3. The summed E-state index contributed by atoms with van der Waals surface area (Å²) in [7, 11) is 0. The molecule has 0 spiro atoms. The van der Waals surface area contributed by atoms with Gasteiger partial charge >= 0.3 is 5.97 Å². The van der Waals surface area contributed by atoms with E-state index in [1.165, 1.54) is 18.2 Å². The highest BCUT2D eigenvalue weighted by Crippen LogP contribution is 2.25. The number of rotatable bonds is 2. The van der Waals surface area contributed by atoms with Crippen molar-refractivity contribution >= 4 is 29.4 Å². The van der Waals surface area contributed by atoms with Crippen LogP contribution in [0.2, 0.25) is 5.02 Å². The zero-order valence-electron chi connectivity index (χ0n) is 11.5. The van der Waals surface area contributed by atoms with Gasteiger partial charge in [0.25, 0.3) is 11.8 Å². The molecule has 0 saturated heterocycles. The van der Waals surface area contributed by atoms with Gasteiger partial charge in [0.15, 0.2) is 0 Å². The van der Waals surface area contributed by atoms with E-state index in [-0.39, 0.29) is 16.7 Å². The van der Waals surface area contributed by atoms with Crippen LogP contribution in [0.5, 0.6) is 0 Å². The molecule has 5 nitrogen and oxygen atoms in total. The molecule has 0 fully saturated rings. The normalized spacial score (nSPS) is 13.3. The van der Waals surface area contributed by atoms with Gasteiger partial charge in [-0.2, -0.15) is 0 Å². The van der Waals surface area contributed by atoms with Crippen molar-refractivity contribution in [1.29, 1.82) is 0 Å². The Morgan fingerprint density at radius 2 is 1.59 bits per heavy atom. The molecule has 0 aliphatic carbocycles. The molecule has 0 aromatic heterocycles. The van der Waals surface area contributed by atoms with Crippen LogP contribution in [0.25, 0.3) is 0 Å². The van der Waals surface area contributed by atoms with Gasteiger partial charge in [0.2, 0.25) is 0 Å². The van der Waals surface area contributed by atoms with Crippen molar-refractivity contribution in [2.24, 2.45) is 0 Å². The van der Waals surface area contributed by atoms with Crippen molar-refractivity contribution in [3.05, 3.63) is 69.7 Å². The second kappa shape index (κ2) is 5.27. The maximum Gasteiger partial charge on any atom is 0.364 e. The molecule has 0 N–H and O–H groups in total. The van der Waals surface area contributed by atoms with Crippen LogP contribution in [0.1, 0.15) is 36.6 Å². The molecule has 1 aliphatic heterocycles. The van der Waals surface area contributed by atoms with Gasteiger partial charge in [0, 0.05) is 5.02 Å². The number of benzene rings is 2. The lowest BCUT2D eigenvalue weighted by molar-refractivity contribution is -0.0585. The first-order chi connectivity index (χ1) is 10.5. The summed E-state index contributed by atoms with van der Waals surface area (Å²) in [4.78, 5) is 41.4. The van der Waals surface area contributed by atoms with Crippen LogP contribution in [-0.4, -0.2) is 22.8 Å². The molecular weight excluding hydrogens is 306 g/mol. The van der Waals surface area contributed by atoms with Crippen molar-refractivity contribution in [3.63, 3.8) is 0 Å². The van der Waals surface area contributed by atoms with E-state index in [4.69, 9.17) is 16.4 Å². The first-order valence-electron chi connectivity index (χ1n) is 6.46. The van der Waals surface area contributed by atoms with Crippen LogP contribution in [-0.2, 0) is 4.84 Å². The topological polar surface area (TPSA) is 63.7 Å². The summed E-state index contributed by atoms with van der Waals surface area (Å²) >= 11 is 5.95. The third-order valence-corrected chi connectivity index (χ3v) is 3.83. The summed E-state index contributed by atoms with van der Waals surface area (Å²) in [6, 6.07) is 11.0. The second-order valence-electron chi connectivity index (χ2n) is 4.74. The first-order valence-corrected chi connectivity index (χ1v) is 6.83. The van der Waals surface area contributed by atoms with Gasteiger partial charge in [-0.25, -0.2) is 4.79 Å². The molecule has 2 amide bonds. The fourth-order valence-corrected chi connectivity index (χ4v) is 2.39. The second-order valence-corrected chi connectivity index (χ2v) is 5.15. The Bertz CT molecular complexity index is 781. The third kappa shape index (κ3) is 2.16. The number of imide groups is 1. The Labute approximate surface area is 131 Å². The lowest BCUT2D eigenvalue weighted by Gasteiger charge is -2.14. The Balaban J connectivity index is 1.89. The quantitative estimate of drug-likeness (QED) is 0.799. The summed E-state index contributed by atoms with van der Waals surface area (Å²) in [6.07, 6.45) is 0. The fraction of sp³-hybridized carbons (Fsp3) is 0.0625. The Morgan fingerprint density at radius 3 is 2.18 bits per heavy atom. The number of nitrogens with zero attached hydrogens (tertiary/aromatic N) is 1. The zero-order chi connectivity index (χ0) is 15.9. The number of hydrogen-bond donors (Lipinski definition) is 0. The van der Waals surface area contributed by atoms with Crippen molar-refractivity contribution < 1.29 is 19.2 Å². The molecule has 3 rings (SSSR count). The highest BCUT2D eigenvalue weighted by atomic mass is 35.5. The Morgan fingerprint density at radius 1 is 1.00 bits per heavy atom. The van der Waals surface area contributed by atoms with Crippen molar-refractivity contribution in [2.45, 2.75) is 6.92 Å². The lowest BCUT2D eigenvalue weighted by Crippen LogP contribution is -2.32. The largest absolute Gasteiger partial charge is 0.364 e. The summed E-state index contributed by atoms with van der Waals surface area (Å²) in [6.45, 7) is 1.65. The molecular formula is C16H10ClNO4. The van der Waals surface area contributed by atoms with E-state index in [1.54, 1.807) is 31.2 Å². The number of hydrogen-bond acceptors (Lipinski definition) is 4. The van der Waals surface area contributed by atoms with E-state index in [1.807, 2.05) is 0 Å². The van der Waals surface area contributed by atoms with Gasteiger partial charge in [-0.3, -0.25) is 9.59 Å². The van der Waals surface area contributed by atoms with Crippen LogP contribution in [0.15, 0.2) is 42.5 Å². The first kappa shape index (κ1) is 14.3. The molecule has 0 atom stereocenters. The van der Waals surface area contributed by atoms with Gasteiger partial charge in [-0.15, -0.1) is 0 Å². The SMILES string of the molecule is Cc1c(Cl)cccc1C(=O)ON1C(=O)c2ccccc2C1=O. The van der Waals surface area contributed by atoms with E-state index < -0.39 is 17.8 Å². The molecule has 2 aromatic carbocycles. The maximum absolute atomic E-state index is 12.2.